The van der Waals surface area contributed by atoms with Crippen LogP contribution in [0.1, 0.15) is 44.9 Å². The molecule has 0 aliphatic carbocycles. The highest BCUT2D eigenvalue weighted by Crippen LogP contribution is 2.18. The number of hydrogen-bond acceptors (Lipinski definition) is 2. The second kappa shape index (κ2) is 4.13. The summed E-state index contributed by atoms with van der Waals surface area (Å²) >= 11 is 0. The molecule has 1 heterocycles. The number of H-pyrrole nitrogens is 1. The molecule has 0 aliphatic rings. The van der Waals surface area contributed by atoms with E-state index in [0.717, 1.165) is 18.7 Å². The van der Waals surface area contributed by atoms with Crippen molar-refractivity contribution in [2.24, 2.45) is 0 Å². The lowest BCUT2D eigenvalue weighted by Gasteiger charge is -2.20. The molecule has 1 rings (SSSR count). The Labute approximate surface area is 86.3 Å². The Morgan fingerprint density at radius 2 is 1.93 bits per heavy atom. The SMILES string of the molecule is CCc1nc(C(C)(C)NC)[nH]c1CC. The van der Waals surface area contributed by atoms with Gasteiger partial charge in [-0.1, -0.05) is 13.8 Å². The molecule has 0 aliphatic heterocycles. The van der Waals surface area contributed by atoms with E-state index >= 15 is 0 Å². The van der Waals surface area contributed by atoms with Gasteiger partial charge < -0.3 is 10.3 Å². The zero-order valence-corrected chi connectivity index (χ0v) is 9.86. The largest absolute Gasteiger partial charge is 0.344 e. The van der Waals surface area contributed by atoms with E-state index in [0.29, 0.717) is 0 Å². The molecule has 0 saturated carbocycles. The number of imidazole rings is 1. The molecule has 0 fully saturated rings. The van der Waals surface area contributed by atoms with Gasteiger partial charge in [0.2, 0.25) is 0 Å². The first-order chi connectivity index (χ1) is 6.55. The number of nitrogens with zero attached hydrogens (tertiary/aromatic N) is 1. The van der Waals surface area contributed by atoms with Crippen LogP contribution >= 0.6 is 0 Å². The molecular formula is C11H21N3. The van der Waals surface area contributed by atoms with Crippen molar-refractivity contribution in [3.05, 3.63) is 17.2 Å². The van der Waals surface area contributed by atoms with E-state index in [1.807, 2.05) is 7.05 Å². The van der Waals surface area contributed by atoms with Crippen LogP contribution in [0.4, 0.5) is 0 Å². The molecule has 0 amide bonds. The number of rotatable bonds is 4. The van der Waals surface area contributed by atoms with E-state index in [1.165, 1.54) is 11.4 Å². The van der Waals surface area contributed by atoms with Gasteiger partial charge in [-0.05, 0) is 33.7 Å². The predicted molar refractivity (Wildman–Crippen MR) is 59.4 cm³/mol. The maximum atomic E-state index is 4.62. The molecule has 3 heteroatoms. The lowest BCUT2D eigenvalue weighted by Crippen LogP contribution is -2.34. The van der Waals surface area contributed by atoms with Crippen molar-refractivity contribution < 1.29 is 0 Å². The third kappa shape index (κ3) is 1.98. The van der Waals surface area contributed by atoms with Gasteiger partial charge in [0, 0.05) is 5.69 Å². The van der Waals surface area contributed by atoms with E-state index in [4.69, 9.17) is 0 Å². The molecular weight excluding hydrogens is 174 g/mol. The number of aryl methyl sites for hydroxylation is 2. The molecule has 0 spiro atoms. The first-order valence-corrected chi connectivity index (χ1v) is 5.32. The van der Waals surface area contributed by atoms with E-state index in [-0.39, 0.29) is 5.54 Å². The summed E-state index contributed by atoms with van der Waals surface area (Å²) < 4.78 is 0. The molecule has 0 atom stereocenters. The highest BCUT2D eigenvalue weighted by molar-refractivity contribution is 5.18. The molecule has 0 radical (unpaired) electrons. The average Bonchev–Trinajstić information content (AvgIpc) is 2.61. The normalized spacial score (nSPS) is 12.1. The highest BCUT2D eigenvalue weighted by atomic mass is 15.0. The van der Waals surface area contributed by atoms with Gasteiger partial charge in [0.25, 0.3) is 0 Å². The van der Waals surface area contributed by atoms with Crippen LogP contribution in [0.5, 0.6) is 0 Å². The molecule has 2 N–H and O–H groups in total. The topological polar surface area (TPSA) is 40.7 Å². The molecule has 80 valence electrons. The monoisotopic (exact) mass is 195 g/mol. The Hall–Kier alpha value is -0.830. The van der Waals surface area contributed by atoms with E-state index in [2.05, 4.69) is 43.0 Å². The summed E-state index contributed by atoms with van der Waals surface area (Å²) in [7, 11) is 1.96. The van der Waals surface area contributed by atoms with Crippen molar-refractivity contribution in [2.45, 2.75) is 46.1 Å². The highest BCUT2D eigenvalue weighted by Gasteiger charge is 2.22. The Balaban J connectivity index is 3.06. The minimum Gasteiger partial charge on any atom is -0.344 e. The van der Waals surface area contributed by atoms with Crippen molar-refractivity contribution in [1.82, 2.24) is 15.3 Å². The summed E-state index contributed by atoms with van der Waals surface area (Å²) in [6, 6.07) is 0. The van der Waals surface area contributed by atoms with Gasteiger partial charge in [0.1, 0.15) is 5.82 Å². The van der Waals surface area contributed by atoms with E-state index < -0.39 is 0 Å². The Bertz CT molecular complexity index is 278. The van der Waals surface area contributed by atoms with Crippen molar-refractivity contribution in [3.8, 4) is 0 Å². The van der Waals surface area contributed by atoms with E-state index in [9.17, 15) is 0 Å². The Morgan fingerprint density at radius 3 is 2.29 bits per heavy atom. The molecule has 0 aromatic carbocycles. The van der Waals surface area contributed by atoms with Crippen LogP contribution in [0.2, 0.25) is 0 Å². The zero-order chi connectivity index (χ0) is 10.8. The van der Waals surface area contributed by atoms with Gasteiger partial charge >= 0.3 is 0 Å². The van der Waals surface area contributed by atoms with Crippen LogP contribution in [-0.4, -0.2) is 17.0 Å². The van der Waals surface area contributed by atoms with Gasteiger partial charge in [0.15, 0.2) is 0 Å². The maximum Gasteiger partial charge on any atom is 0.126 e. The van der Waals surface area contributed by atoms with Crippen molar-refractivity contribution in [3.63, 3.8) is 0 Å². The minimum atomic E-state index is -0.0721. The summed E-state index contributed by atoms with van der Waals surface area (Å²) in [5.41, 5.74) is 2.40. The summed E-state index contributed by atoms with van der Waals surface area (Å²) in [6.07, 6.45) is 2.02. The zero-order valence-electron chi connectivity index (χ0n) is 9.86. The summed E-state index contributed by atoms with van der Waals surface area (Å²) in [6.45, 7) is 8.56. The minimum absolute atomic E-state index is 0.0721. The molecule has 0 bridgehead atoms. The average molecular weight is 195 g/mol. The van der Waals surface area contributed by atoms with Crippen LogP contribution in [0, 0.1) is 0 Å². The summed E-state index contributed by atoms with van der Waals surface area (Å²) in [4.78, 5) is 8.02. The van der Waals surface area contributed by atoms with Crippen LogP contribution in [0.15, 0.2) is 0 Å². The number of aromatic nitrogens is 2. The molecule has 14 heavy (non-hydrogen) atoms. The van der Waals surface area contributed by atoms with Crippen LogP contribution < -0.4 is 5.32 Å². The quantitative estimate of drug-likeness (QED) is 0.771. The maximum absolute atomic E-state index is 4.62. The predicted octanol–water partition coefficient (Wildman–Crippen LogP) is 1.99. The third-order valence-electron chi connectivity index (χ3n) is 2.77. The fourth-order valence-corrected chi connectivity index (χ4v) is 1.44. The second-order valence-corrected chi connectivity index (χ2v) is 4.09. The number of nitrogens with one attached hydrogen (secondary N) is 2. The Kier molecular flexibility index (Phi) is 3.32. The number of aromatic amines is 1. The van der Waals surface area contributed by atoms with Crippen LogP contribution in [0.25, 0.3) is 0 Å². The van der Waals surface area contributed by atoms with Gasteiger partial charge in [-0.3, -0.25) is 0 Å². The van der Waals surface area contributed by atoms with Crippen LogP contribution in [-0.2, 0) is 18.4 Å². The van der Waals surface area contributed by atoms with Crippen molar-refractivity contribution in [1.29, 1.82) is 0 Å². The first kappa shape index (κ1) is 11.2. The van der Waals surface area contributed by atoms with Gasteiger partial charge in [-0.2, -0.15) is 0 Å². The van der Waals surface area contributed by atoms with Crippen molar-refractivity contribution in [2.75, 3.05) is 7.05 Å². The molecule has 1 aromatic rings. The lowest BCUT2D eigenvalue weighted by atomic mass is 10.1. The standard InChI is InChI=1S/C11H21N3/c1-6-8-9(7-2)14-10(13-8)11(3,4)12-5/h12H,6-7H2,1-5H3,(H,13,14). The lowest BCUT2D eigenvalue weighted by molar-refractivity contribution is 0.419. The second-order valence-electron chi connectivity index (χ2n) is 4.09. The van der Waals surface area contributed by atoms with E-state index in [1.54, 1.807) is 0 Å². The molecule has 1 aromatic heterocycles. The van der Waals surface area contributed by atoms with Gasteiger partial charge in [-0.15, -0.1) is 0 Å². The Morgan fingerprint density at radius 1 is 1.29 bits per heavy atom. The summed E-state index contributed by atoms with van der Waals surface area (Å²) in [5.74, 6) is 1.04. The van der Waals surface area contributed by atoms with Crippen LogP contribution in [0.3, 0.4) is 0 Å². The molecule has 0 saturated heterocycles. The smallest absolute Gasteiger partial charge is 0.126 e. The van der Waals surface area contributed by atoms with Gasteiger partial charge in [-0.25, -0.2) is 4.98 Å². The fraction of sp³-hybridized carbons (Fsp3) is 0.727. The first-order valence-electron chi connectivity index (χ1n) is 5.32. The third-order valence-corrected chi connectivity index (χ3v) is 2.77. The fourth-order valence-electron chi connectivity index (χ4n) is 1.44. The molecule has 3 nitrogen and oxygen atoms in total. The summed E-state index contributed by atoms with van der Waals surface area (Å²) in [5, 5.41) is 3.25. The van der Waals surface area contributed by atoms with Crippen molar-refractivity contribution >= 4 is 0 Å². The van der Waals surface area contributed by atoms with Gasteiger partial charge in [0.05, 0.1) is 11.2 Å². The number of hydrogen-bond donors (Lipinski definition) is 2. The molecule has 0 unspecified atom stereocenters.